The van der Waals surface area contributed by atoms with Gasteiger partial charge in [0.15, 0.2) is 6.61 Å². The first-order valence-electron chi connectivity index (χ1n) is 9.67. The van der Waals surface area contributed by atoms with Crippen LogP contribution in [0.25, 0.3) is 17.2 Å². The van der Waals surface area contributed by atoms with E-state index < -0.39 is 11.9 Å². The van der Waals surface area contributed by atoms with Gasteiger partial charge in [0, 0.05) is 17.3 Å². The van der Waals surface area contributed by atoms with Gasteiger partial charge in [0.1, 0.15) is 5.75 Å². The molecule has 0 radical (unpaired) electrons. The molecule has 0 spiro atoms. The summed E-state index contributed by atoms with van der Waals surface area (Å²) in [5, 5.41) is 2.80. The number of esters is 1. The molecule has 0 aliphatic heterocycles. The average Bonchev–Trinajstić information content (AvgIpc) is 2.78. The molecule has 0 saturated heterocycles. The zero-order chi connectivity index (χ0) is 21.2. The molecule has 0 aliphatic carbocycles. The fourth-order valence-electron chi connectivity index (χ4n) is 2.84. The second-order valence-corrected chi connectivity index (χ2v) is 6.40. The van der Waals surface area contributed by atoms with E-state index in [2.05, 4.69) is 5.32 Å². The van der Waals surface area contributed by atoms with E-state index >= 15 is 0 Å². The van der Waals surface area contributed by atoms with Crippen molar-refractivity contribution in [2.45, 2.75) is 6.92 Å². The molecule has 5 nitrogen and oxygen atoms in total. The number of carbonyl (C=O) groups excluding carboxylic acids is 2. The standard InChI is InChI=1S/C25H23NO4/c1-2-29-21-15-12-19(13-16-21)14-17-25(28)30-18-24(27)26-23-11-7-6-10-22(23)20-8-4-3-5-9-20/h3-17H,2,18H2,1H3,(H,26,27)/b17-14+. The number of hydrogen-bond donors (Lipinski definition) is 1. The van der Waals surface area contributed by atoms with Gasteiger partial charge in [0.2, 0.25) is 0 Å². The van der Waals surface area contributed by atoms with Crippen LogP contribution in [0.15, 0.2) is 84.9 Å². The number of benzene rings is 3. The third-order valence-electron chi connectivity index (χ3n) is 4.23. The zero-order valence-electron chi connectivity index (χ0n) is 16.7. The van der Waals surface area contributed by atoms with E-state index in [1.54, 1.807) is 6.08 Å². The minimum atomic E-state index is -0.588. The lowest BCUT2D eigenvalue weighted by Gasteiger charge is -2.11. The molecule has 0 saturated carbocycles. The van der Waals surface area contributed by atoms with Gasteiger partial charge in [0.05, 0.1) is 6.61 Å². The number of rotatable bonds is 8. The van der Waals surface area contributed by atoms with Crippen LogP contribution < -0.4 is 10.1 Å². The van der Waals surface area contributed by atoms with E-state index in [1.807, 2.05) is 85.8 Å². The number of nitrogens with one attached hydrogen (secondary N) is 1. The quantitative estimate of drug-likeness (QED) is 0.429. The van der Waals surface area contributed by atoms with Crippen molar-refractivity contribution in [2.75, 3.05) is 18.5 Å². The van der Waals surface area contributed by atoms with Crippen LogP contribution in [-0.4, -0.2) is 25.1 Å². The number of anilines is 1. The average molecular weight is 401 g/mol. The van der Waals surface area contributed by atoms with Crippen molar-refractivity contribution in [3.05, 3.63) is 90.5 Å². The van der Waals surface area contributed by atoms with Gasteiger partial charge in [0.25, 0.3) is 5.91 Å². The maximum Gasteiger partial charge on any atom is 0.331 e. The summed E-state index contributed by atoms with van der Waals surface area (Å²) in [6, 6.07) is 24.6. The predicted octanol–water partition coefficient (Wildman–Crippen LogP) is 4.95. The first-order valence-corrected chi connectivity index (χ1v) is 9.67. The van der Waals surface area contributed by atoms with Crippen LogP contribution in [0.5, 0.6) is 5.75 Å². The Bertz CT molecular complexity index is 1010. The summed E-state index contributed by atoms with van der Waals surface area (Å²) in [5.74, 6) is -0.221. The molecule has 1 N–H and O–H groups in total. The number of hydrogen-bond acceptors (Lipinski definition) is 4. The Morgan fingerprint density at radius 2 is 1.60 bits per heavy atom. The molecule has 1 amide bonds. The highest BCUT2D eigenvalue weighted by Crippen LogP contribution is 2.27. The lowest BCUT2D eigenvalue weighted by atomic mass is 10.0. The molecule has 3 aromatic rings. The van der Waals surface area contributed by atoms with Crippen LogP contribution in [0.1, 0.15) is 12.5 Å². The Labute approximate surface area is 176 Å². The van der Waals surface area contributed by atoms with Crippen molar-refractivity contribution in [2.24, 2.45) is 0 Å². The molecule has 5 heteroatoms. The van der Waals surface area contributed by atoms with Gasteiger partial charge in [-0.15, -0.1) is 0 Å². The highest BCUT2D eigenvalue weighted by Gasteiger charge is 2.09. The highest BCUT2D eigenvalue weighted by atomic mass is 16.5. The molecule has 0 aliphatic rings. The summed E-state index contributed by atoms with van der Waals surface area (Å²) in [6.45, 7) is 2.15. The number of amides is 1. The molecule has 3 rings (SSSR count). The molecule has 0 unspecified atom stereocenters. The van der Waals surface area contributed by atoms with Crippen molar-refractivity contribution in [3.8, 4) is 16.9 Å². The van der Waals surface area contributed by atoms with Crippen LogP contribution in [-0.2, 0) is 14.3 Å². The Hall–Kier alpha value is -3.86. The van der Waals surface area contributed by atoms with E-state index in [-0.39, 0.29) is 6.61 Å². The molecule has 0 bridgehead atoms. The maximum absolute atomic E-state index is 12.2. The minimum absolute atomic E-state index is 0.366. The molecule has 0 heterocycles. The summed E-state index contributed by atoms with van der Waals surface area (Å²) >= 11 is 0. The van der Waals surface area contributed by atoms with E-state index in [0.29, 0.717) is 12.3 Å². The first kappa shape index (κ1) is 20.9. The van der Waals surface area contributed by atoms with Crippen LogP contribution in [0.2, 0.25) is 0 Å². The fourth-order valence-corrected chi connectivity index (χ4v) is 2.84. The summed E-state index contributed by atoms with van der Waals surface area (Å²) in [5.41, 5.74) is 3.38. The molecule has 0 aromatic heterocycles. The Balaban J connectivity index is 1.53. The number of carbonyl (C=O) groups is 2. The summed E-state index contributed by atoms with van der Waals surface area (Å²) in [4.78, 5) is 24.2. The number of ether oxygens (including phenoxy) is 2. The van der Waals surface area contributed by atoms with Crippen molar-refractivity contribution in [3.63, 3.8) is 0 Å². The zero-order valence-corrected chi connectivity index (χ0v) is 16.7. The van der Waals surface area contributed by atoms with E-state index in [4.69, 9.17) is 9.47 Å². The molecule has 3 aromatic carbocycles. The molecule has 30 heavy (non-hydrogen) atoms. The topological polar surface area (TPSA) is 64.6 Å². The molecule has 152 valence electrons. The van der Waals surface area contributed by atoms with Gasteiger partial charge in [-0.3, -0.25) is 4.79 Å². The lowest BCUT2D eigenvalue weighted by Crippen LogP contribution is -2.20. The smallest absolute Gasteiger partial charge is 0.331 e. The normalized spacial score (nSPS) is 10.6. The van der Waals surface area contributed by atoms with Gasteiger partial charge in [-0.1, -0.05) is 60.7 Å². The third kappa shape index (κ3) is 6.07. The summed E-state index contributed by atoms with van der Waals surface area (Å²) in [7, 11) is 0. The van der Waals surface area contributed by atoms with Crippen molar-refractivity contribution in [1.82, 2.24) is 0 Å². The second-order valence-electron chi connectivity index (χ2n) is 6.40. The number of para-hydroxylation sites is 1. The van der Waals surface area contributed by atoms with Gasteiger partial charge in [-0.25, -0.2) is 4.79 Å². The monoisotopic (exact) mass is 401 g/mol. The van der Waals surface area contributed by atoms with Crippen molar-refractivity contribution >= 4 is 23.6 Å². The SMILES string of the molecule is CCOc1ccc(/C=C/C(=O)OCC(=O)Nc2ccccc2-c2ccccc2)cc1. The highest BCUT2D eigenvalue weighted by molar-refractivity contribution is 5.97. The van der Waals surface area contributed by atoms with Gasteiger partial charge in [-0.2, -0.15) is 0 Å². The predicted molar refractivity (Wildman–Crippen MR) is 118 cm³/mol. The lowest BCUT2D eigenvalue weighted by molar-refractivity contribution is -0.142. The summed E-state index contributed by atoms with van der Waals surface area (Å²) < 4.78 is 10.4. The molecular weight excluding hydrogens is 378 g/mol. The summed E-state index contributed by atoms with van der Waals surface area (Å²) in [6.07, 6.45) is 2.92. The van der Waals surface area contributed by atoms with Crippen molar-refractivity contribution < 1.29 is 19.1 Å². The van der Waals surface area contributed by atoms with Crippen LogP contribution >= 0.6 is 0 Å². The van der Waals surface area contributed by atoms with Crippen LogP contribution in [0.3, 0.4) is 0 Å². The van der Waals surface area contributed by atoms with Gasteiger partial charge in [-0.05, 0) is 42.3 Å². The molecular formula is C25H23NO4. The van der Waals surface area contributed by atoms with Gasteiger partial charge < -0.3 is 14.8 Å². The Morgan fingerprint density at radius 1 is 0.900 bits per heavy atom. The minimum Gasteiger partial charge on any atom is -0.494 e. The molecule has 0 fully saturated rings. The Kier molecular flexibility index (Phi) is 7.39. The van der Waals surface area contributed by atoms with E-state index in [0.717, 1.165) is 22.4 Å². The van der Waals surface area contributed by atoms with Gasteiger partial charge >= 0.3 is 5.97 Å². The maximum atomic E-state index is 12.2. The van der Waals surface area contributed by atoms with E-state index in [1.165, 1.54) is 6.08 Å². The van der Waals surface area contributed by atoms with E-state index in [9.17, 15) is 9.59 Å². The van der Waals surface area contributed by atoms with Crippen LogP contribution in [0.4, 0.5) is 5.69 Å². The third-order valence-corrected chi connectivity index (χ3v) is 4.23. The largest absolute Gasteiger partial charge is 0.494 e. The molecule has 0 atom stereocenters. The second kappa shape index (κ2) is 10.6. The van der Waals surface area contributed by atoms with Crippen molar-refractivity contribution in [1.29, 1.82) is 0 Å². The first-order chi connectivity index (χ1) is 14.7. The fraction of sp³-hybridized carbons (Fsp3) is 0.120. The Morgan fingerprint density at radius 3 is 2.33 bits per heavy atom. The van der Waals surface area contributed by atoms with Crippen LogP contribution in [0, 0.1) is 0 Å².